The van der Waals surface area contributed by atoms with Crippen LogP contribution in [0.2, 0.25) is 0 Å². The molecule has 0 saturated carbocycles. The Kier molecular flexibility index (Phi) is 6.27. The van der Waals surface area contributed by atoms with Gasteiger partial charge in [0.15, 0.2) is 0 Å². The van der Waals surface area contributed by atoms with Crippen molar-refractivity contribution in [1.82, 2.24) is 0 Å². The molecule has 0 aliphatic carbocycles. The van der Waals surface area contributed by atoms with Crippen LogP contribution < -0.4 is 11.5 Å². The summed E-state index contributed by atoms with van der Waals surface area (Å²) in [4.78, 5) is 0. The molecule has 0 radical (unpaired) electrons. The van der Waals surface area contributed by atoms with Crippen molar-refractivity contribution < 1.29 is 4.39 Å². The van der Waals surface area contributed by atoms with Crippen molar-refractivity contribution in [3.8, 4) is 0 Å². The molecule has 0 bridgehead atoms. The summed E-state index contributed by atoms with van der Waals surface area (Å²) in [7, 11) is 0. The fourth-order valence-electron chi connectivity index (χ4n) is 1.14. The van der Waals surface area contributed by atoms with E-state index < -0.39 is 0 Å². The van der Waals surface area contributed by atoms with E-state index in [1.807, 2.05) is 0 Å². The minimum absolute atomic E-state index is 0. The van der Waals surface area contributed by atoms with Gasteiger partial charge in [0.1, 0.15) is 5.82 Å². The third kappa shape index (κ3) is 3.53. The Balaban J connectivity index is 0.00000169. The van der Waals surface area contributed by atoms with E-state index in [0.29, 0.717) is 23.0 Å². The molecule has 0 fully saturated rings. The fraction of sp³-hybridized carbons (Fsp3) is 0.333. The molecule has 1 aromatic rings. The Morgan fingerprint density at radius 3 is 2.57 bits per heavy atom. The highest BCUT2D eigenvalue weighted by Gasteiger charge is 2.10. The topological polar surface area (TPSA) is 52.0 Å². The first kappa shape index (κ1) is 13.8. The Labute approximate surface area is 97.4 Å². The lowest BCUT2D eigenvalue weighted by molar-refractivity contribution is 0.566. The average Bonchev–Trinajstić information content (AvgIpc) is 2.04. The Morgan fingerprint density at radius 1 is 1.43 bits per heavy atom. The first-order valence-electron chi connectivity index (χ1n) is 4.05. The van der Waals surface area contributed by atoms with E-state index in [1.54, 1.807) is 12.1 Å². The fourth-order valence-corrected chi connectivity index (χ4v) is 1.47. The van der Waals surface area contributed by atoms with Crippen LogP contribution in [0.25, 0.3) is 0 Å². The number of rotatable bonds is 3. The van der Waals surface area contributed by atoms with E-state index in [9.17, 15) is 4.39 Å². The lowest BCUT2D eigenvalue weighted by Crippen LogP contribution is -2.16. The van der Waals surface area contributed by atoms with Crippen LogP contribution in [0.15, 0.2) is 22.7 Å². The molecule has 80 valence electrons. The summed E-state index contributed by atoms with van der Waals surface area (Å²) in [6, 6.07) is 4.55. The van der Waals surface area contributed by atoms with Gasteiger partial charge in [-0.1, -0.05) is 22.0 Å². The zero-order chi connectivity index (χ0) is 9.84. The van der Waals surface area contributed by atoms with Gasteiger partial charge < -0.3 is 11.5 Å². The molecule has 0 aliphatic heterocycles. The van der Waals surface area contributed by atoms with Gasteiger partial charge in [0.05, 0.1) is 0 Å². The molecule has 1 rings (SSSR count). The summed E-state index contributed by atoms with van der Waals surface area (Å²) in [5.74, 6) is -0.282. The van der Waals surface area contributed by atoms with Crippen LogP contribution in [0, 0.1) is 5.82 Å². The summed E-state index contributed by atoms with van der Waals surface area (Å²) in [6.07, 6.45) is 0.596. The van der Waals surface area contributed by atoms with Crippen LogP contribution in [0.1, 0.15) is 18.0 Å². The second-order valence-corrected chi connectivity index (χ2v) is 3.77. The zero-order valence-electron chi connectivity index (χ0n) is 7.54. The third-order valence-corrected chi connectivity index (χ3v) is 2.33. The quantitative estimate of drug-likeness (QED) is 0.895. The normalized spacial score (nSPS) is 12.0. The predicted octanol–water partition coefficient (Wildman–Crippen LogP) is 2.36. The third-order valence-electron chi connectivity index (χ3n) is 1.84. The van der Waals surface area contributed by atoms with E-state index in [4.69, 9.17) is 11.5 Å². The zero-order valence-corrected chi connectivity index (χ0v) is 9.94. The van der Waals surface area contributed by atoms with Gasteiger partial charge in [0, 0.05) is 16.1 Å². The summed E-state index contributed by atoms with van der Waals surface area (Å²) in [6.45, 7) is 0.469. The van der Waals surface area contributed by atoms with Gasteiger partial charge in [0.25, 0.3) is 0 Å². The van der Waals surface area contributed by atoms with E-state index in [1.165, 1.54) is 6.07 Å². The minimum atomic E-state index is -0.307. The SMILES string of the molecule is Cl.NCC[C@@H](N)c1ccc(Br)cc1F. The predicted molar refractivity (Wildman–Crippen MR) is 61.9 cm³/mol. The summed E-state index contributed by atoms with van der Waals surface area (Å²) in [5.41, 5.74) is 11.6. The molecule has 0 spiro atoms. The molecule has 0 heterocycles. The van der Waals surface area contributed by atoms with E-state index in [-0.39, 0.29) is 24.3 Å². The number of hydrogen-bond acceptors (Lipinski definition) is 2. The molecular weight excluding hydrogens is 270 g/mol. The van der Waals surface area contributed by atoms with Crippen molar-refractivity contribution in [2.75, 3.05) is 6.54 Å². The van der Waals surface area contributed by atoms with Crippen LogP contribution in [0.3, 0.4) is 0 Å². The molecular formula is C9H13BrClFN2. The van der Waals surface area contributed by atoms with Crippen molar-refractivity contribution in [3.63, 3.8) is 0 Å². The maximum atomic E-state index is 13.3. The van der Waals surface area contributed by atoms with Crippen LogP contribution in [-0.2, 0) is 0 Å². The summed E-state index contributed by atoms with van der Waals surface area (Å²) < 4.78 is 14.0. The van der Waals surface area contributed by atoms with Crippen LogP contribution in [0.5, 0.6) is 0 Å². The molecule has 4 N–H and O–H groups in total. The summed E-state index contributed by atoms with van der Waals surface area (Å²) in [5, 5.41) is 0. The smallest absolute Gasteiger partial charge is 0.129 e. The highest BCUT2D eigenvalue weighted by molar-refractivity contribution is 9.10. The number of halogens is 3. The Bertz CT molecular complexity index is 296. The van der Waals surface area contributed by atoms with Crippen molar-refractivity contribution in [1.29, 1.82) is 0 Å². The van der Waals surface area contributed by atoms with Gasteiger partial charge in [-0.3, -0.25) is 0 Å². The van der Waals surface area contributed by atoms with Crippen LogP contribution in [0.4, 0.5) is 4.39 Å². The second kappa shape index (κ2) is 6.35. The van der Waals surface area contributed by atoms with Gasteiger partial charge in [-0.25, -0.2) is 4.39 Å². The maximum absolute atomic E-state index is 13.3. The van der Waals surface area contributed by atoms with Crippen molar-refractivity contribution >= 4 is 28.3 Å². The van der Waals surface area contributed by atoms with Crippen LogP contribution >= 0.6 is 28.3 Å². The lowest BCUT2D eigenvalue weighted by atomic mass is 10.0. The average molecular weight is 284 g/mol. The van der Waals surface area contributed by atoms with Crippen molar-refractivity contribution in [2.24, 2.45) is 11.5 Å². The largest absolute Gasteiger partial charge is 0.330 e. The van der Waals surface area contributed by atoms with Gasteiger partial charge in [0.2, 0.25) is 0 Å². The molecule has 0 unspecified atom stereocenters. The van der Waals surface area contributed by atoms with Gasteiger partial charge in [-0.05, 0) is 25.1 Å². The highest BCUT2D eigenvalue weighted by Crippen LogP contribution is 2.21. The van der Waals surface area contributed by atoms with Gasteiger partial charge >= 0.3 is 0 Å². The van der Waals surface area contributed by atoms with E-state index in [2.05, 4.69) is 15.9 Å². The second-order valence-electron chi connectivity index (χ2n) is 2.85. The molecule has 0 aliphatic rings. The molecule has 1 aromatic carbocycles. The monoisotopic (exact) mass is 282 g/mol. The molecule has 14 heavy (non-hydrogen) atoms. The Hall–Kier alpha value is -0.160. The Morgan fingerprint density at radius 2 is 2.07 bits per heavy atom. The van der Waals surface area contributed by atoms with Crippen LogP contribution in [-0.4, -0.2) is 6.54 Å². The summed E-state index contributed by atoms with van der Waals surface area (Å²) >= 11 is 3.18. The highest BCUT2D eigenvalue weighted by atomic mass is 79.9. The maximum Gasteiger partial charge on any atom is 0.129 e. The molecule has 2 nitrogen and oxygen atoms in total. The number of hydrogen-bond donors (Lipinski definition) is 2. The first-order valence-corrected chi connectivity index (χ1v) is 4.85. The number of nitrogens with two attached hydrogens (primary N) is 2. The number of benzene rings is 1. The molecule has 0 amide bonds. The van der Waals surface area contributed by atoms with E-state index >= 15 is 0 Å². The first-order chi connectivity index (χ1) is 6.15. The molecule has 0 saturated heterocycles. The van der Waals surface area contributed by atoms with Crippen molar-refractivity contribution in [3.05, 3.63) is 34.1 Å². The van der Waals surface area contributed by atoms with Gasteiger partial charge in [-0.15, -0.1) is 12.4 Å². The van der Waals surface area contributed by atoms with E-state index in [0.717, 1.165) is 0 Å². The van der Waals surface area contributed by atoms with Gasteiger partial charge in [-0.2, -0.15) is 0 Å². The molecule has 1 atom stereocenters. The van der Waals surface area contributed by atoms with Crippen molar-refractivity contribution in [2.45, 2.75) is 12.5 Å². The minimum Gasteiger partial charge on any atom is -0.330 e. The standard InChI is InChI=1S/C9H12BrFN2.ClH/c10-6-1-2-7(8(11)5-6)9(13)3-4-12;/h1-2,5,9H,3-4,12-13H2;1H/t9-;/m1./s1. The molecule has 0 aromatic heterocycles. The lowest BCUT2D eigenvalue weighted by Gasteiger charge is -2.11. The molecule has 5 heteroatoms.